The van der Waals surface area contributed by atoms with E-state index in [2.05, 4.69) is 28.6 Å². The number of alkyl halides is 3. The van der Waals surface area contributed by atoms with Crippen LogP contribution in [0.15, 0.2) is 34.3 Å². The van der Waals surface area contributed by atoms with Crippen molar-refractivity contribution in [3.63, 3.8) is 0 Å². The van der Waals surface area contributed by atoms with Gasteiger partial charge in [0.2, 0.25) is 5.96 Å². The fourth-order valence-corrected chi connectivity index (χ4v) is 2.93. The van der Waals surface area contributed by atoms with E-state index in [1.807, 2.05) is 4.90 Å². The highest BCUT2D eigenvalue weighted by Crippen LogP contribution is 2.25. The topological polar surface area (TPSA) is 89.2 Å². The van der Waals surface area contributed by atoms with Gasteiger partial charge in [-0.3, -0.25) is 0 Å². The standard InChI is InChI=1S/C16H22F3N5O/c1-10-4-3-5-11(2)24(10)15(21)23-14(20)22-12-6-8-13(9-7-12)25-16(17,18)19/h6-11H,3-5H2,1-2H3,(H4,20,21,22,23). The summed E-state index contributed by atoms with van der Waals surface area (Å²) in [5, 5.41) is 0. The van der Waals surface area contributed by atoms with Gasteiger partial charge in [-0.25, -0.2) is 4.99 Å². The van der Waals surface area contributed by atoms with Crippen LogP contribution in [-0.2, 0) is 0 Å². The highest BCUT2D eigenvalue weighted by molar-refractivity contribution is 5.94. The van der Waals surface area contributed by atoms with Crippen LogP contribution in [0.4, 0.5) is 18.9 Å². The number of halogens is 3. The van der Waals surface area contributed by atoms with Gasteiger partial charge in [0.1, 0.15) is 5.75 Å². The number of aliphatic imine (C=N–C) groups is 2. The molecular weight excluding hydrogens is 335 g/mol. The SMILES string of the molecule is CC1CCCC(C)N1C(N)=NC(N)=Nc1ccc(OC(F)(F)F)cc1. The van der Waals surface area contributed by atoms with Gasteiger partial charge in [0.25, 0.3) is 0 Å². The number of benzene rings is 1. The summed E-state index contributed by atoms with van der Waals surface area (Å²) in [5.74, 6) is -0.103. The minimum atomic E-state index is -4.73. The average molecular weight is 357 g/mol. The summed E-state index contributed by atoms with van der Waals surface area (Å²) in [6.45, 7) is 4.15. The van der Waals surface area contributed by atoms with Crippen LogP contribution in [0.5, 0.6) is 5.75 Å². The molecule has 0 amide bonds. The Balaban J connectivity index is 2.09. The first-order valence-corrected chi connectivity index (χ1v) is 7.98. The molecule has 1 aliphatic rings. The highest BCUT2D eigenvalue weighted by Gasteiger charge is 2.31. The maximum absolute atomic E-state index is 12.1. The third-order valence-electron chi connectivity index (χ3n) is 4.00. The number of nitrogens with two attached hydrogens (primary N) is 2. The zero-order valence-corrected chi connectivity index (χ0v) is 14.1. The van der Waals surface area contributed by atoms with E-state index < -0.39 is 6.36 Å². The predicted molar refractivity (Wildman–Crippen MR) is 90.6 cm³/mol. The van der Waals surface area contributed by atoms with Gasteiger partial charge in [-0.2, -0.15) is 4.99 Å². The van der Waals surface area contributed by atoms with Gasteiger partial charge >= 0.3 is 6.36 Å². The van der Waals surface area contributed by atoms with Crippen LogP contribution in [0.3, 0.4) is 0 Å². The number of hydrogen-bond donors (Lipinski definition) is 2. The van der Waals surface area contributed by atoms with E-state index in [0.717, 1.165) is 31.4 Å². The van der Waals surface area contributed by atoms with Crippen molar-refractivity contribution in [2.24, 2.45) is 21.5 Å². The summed E-state index contributed by atoms with van der Waals surface area (Å²) in [4.78, 5) is 10.2. The second-order valence-corrected chi connectivity index (χ2v) is 6.02. The molecule has 1 aromatic rings. The van der Waals surface area contributed by atoms with Gasteiger partial charge in [0.15, 0.2) is 5.96 Å². The molecule has 0 aromatic heterocycles. The van der Waals surface area contributed by atoms with Crippen LogP contribution < -0.4 is 16.2 Å². The Morgan fingerprint density at radius 3 is 2.20 bits per heavy atom. The van der Waals surface area contributed by atoms with Crippen molar-refractivity contribution >= 4 is 17.6 Å². The van der Waals surface area contributed by atoms with E-state index >= 15 is 0 Å². The molecule has 0 saturated carbocycles. The smallest absolute Gasteiger partial charge is 0.406 e. The molecule has 0 aliphatic carbocycles. The third kappa shape index (κ3) is 5.54. The van der Waals surface area contributed by atoms with Gasteiger partial charge in [-0.15, -0.1) is 13.2 Å². The molecular formula is C16H22F3N5O. The minimum Gasteiger partial charge on any atom is -0.406 e. The molecule has 2 unspecified atom stereocenters. The number of guanidine groups is 2. The minimum absolute atomic E-state index is 0.0630. The first-order valence-electron chi connectivity index (χ1n) is 7.98. The maximum Gasteiger partial charge on any atom is 0.573 e. The van der Waals surface area contributed by atoms with E-state index in [-0.39, 0.29) is 29.8 Å². The first-order chi connectivity index (χ1) is 11.7. The van der Waals surface area contributed by atoms with Crippen molar-refractivity contribution in [1.82, 2.24) is 4.90 Å². The van der Waals surface area contributed by atoms with Gasteiger partial charge in [0.05, 0.1) is 5.69 Å². The summed E-state index contributed by atoms with van der Waals surface area (Å²) in [6.07, 6.45) is -1.54. The molecule has 1 fully saturated rings. The summed E-state index contributed by atoms with van der Waals surface area (Å²) in [7, 11) is 0. The number of piperidine rings is 1. The summed E-state index contributed by atoms with van der Waals surface area (Å²) >= 11 is 0. The maximum atomic E-state index is 12.1. The Bertz CT molecular complexity index is 632. The Morgan fingerprint density at radius 2 is 1.68 bits per heavy atom. The lowest BCUT2D eigenvalue weighted by atomic mass is 9.98. The third-order valence-corrected chi connectivity index (χ3v) is 4.00. The quantitative estimate of drug-likeness (QED) is 0.629. The van der Waals surface area contributed by atoms with Crippen molar-refractivity contribution in [2.45, 2.75) is 51.6 Å². The molecule has 2 rings (SSSR count). The second kappa shape index (κ2) is 7.62. The lowest BCUT2D eigenvalue weighted by Gasteiger charge is -2.39. The van der Waals surface area contributed by atoms with Gasteiger partial charge in [-0.1, -0.05) is 0 Å². The van der Waals surface area contributed by atoms with Gasteiger partial charge in [-0.05, 0) is 57.4 Å². The van der Waals surface area contributed by atoms with Crippen molar-refractivity contribution in [3.8, 4) is 5.75 Å². The molecule has 0 bridgehead atoms. The largest absolute Gasteiger partial charge is 0.573 e. The second-order valence-electron chi connectivity index (χ2n) is 6.02. The van der Waals surface area contributed by atoms with Crippen molar-refractivity contribution < 1.29 is 17.9 Å². The van der Waals surface area contributed by atoms with Crippen LogP contribution in [0.25, 0.3) is 0 Å². The lowest BCUT2D eigenvalue weighted by Crippen LogP contribution is -2.51. The molecule has 9 heteroatoms. The molecule has 1 aromatic carbocycles. The van der Waals surface area contributed by atoms with Crippen LogP contribution in [0, 0.1) is 0 Å². The average Bonchev–Trinajstić information content (AvgIpc) is 2.47. The van der Waals surface area contributed by atoms with Crippen molar-refractivity contribution in [2.75, 3.05) is 0 Å². The van der Waals surface area contributed by atoms with Gasteiger partial charge in [0, 0.05) is 12.1 Å². The van der Waals surface area contributed by atoms with Crippen LogP contribution in [-0.4, -0.2) is 35.3 Å². The molecule has 25 heavy (non-hydrogen) atoms. The summed E-state index contributed by atoms with van der Waals surface area (Å²) in [5.41, 5.74) is 12.2. The van der Waals surface area contributed by atoms with E-state index in [4.69, 9.17) is 11.5 Å². The fourth-order valence-electron chi connectivity index (χ4n) is 2.93. The molecule has 138 valence electrons. The van der Waals surface area contributed by atoms with E-state index in [9.17, 15) is 13.2 Å². The number of nitrogens with zero attached hydrogens (tertiary/aromatic N) is 3. The van der Waals surface area contributed by atoms with E-state index in [1.54, 1.807) is 0 Å². The Hall–Kier alpha value is -2.45. The monoisotopic (exact) mass is 357 g/mol. The molecule has 1 heterocycles. The molecule has 0 radical (unpaired) electrons. The Kier molecular flexibility index (Phi) is 5.76. The number of rotatable bonds is 2. The van der Waals surface area contributed by atoms with Crippen LogP contribution in [0.2, 0.25) is 0 Å². The van der Waals surface area contributed by atoms with E-state index in [0.29, 0.717) is 5.69 Å². The Labute approximate surface area is 144 Å². The predicted octanol–water partition coefficient (Wildman–Crippen LogP) is 3.11. The lowest BCUT2D eigenvalue weighted by molar-refractivity contribution is -0.274. The number of ether oxygens (including phenoxy) is 1. The zero-order valence-electron chi connectivity index (χ0n) is 14.1. The fraction of sp³-hybridized carbons (Fsp3) is 0.500. The molecule has 4 N–H and O–H groups in total. The molecule has 1 aliphatic heterocycles. The highest BCUT2D eigenvalue weighted by atomic mass is 19.4. The van der Waals surface area contributed by atoms with Crippen molar-refractivity contribution in [1.29, 1.82) is 0 Å². The first kappa shape index (κ1) is 18.9. The molecule has 6 nitrogen and oxygen atoms in total. The van der Waals surface area contributed by atoms with Gasteiger partial charge < -0.3 is 21.1 Å². The summed E-state index contributed by atoms with van der Waals surface area (Å²) < 4.78 is 40.2. The molecule has 2 atom stereocenters. The van der Waals surface area contributed by atoms with Crippen molar-refractivity contribution in [3.05, 3.63) is 24.3 Å². The van der Waals surface area contributed by atoms with Crippen LogP contribution in [0.1, 0.15) is 33.1 Å². The van der Waals surface area contributed by atoms with Crippen LogP contribution >= 0.6 is 0 Å². The van der Waals surface area contributed by atoms with E-state index in [1.165, 1.54) is 12.1 Å². The Morgan fingerprint density at radius 1 is 1.12 bits per heavy atom. The molecule has 0 spiro atoms. The number of hydrogen-bond acceptors (Lipinski definition) is 2. The number of likely N-dealkylation sites (tertiary alicyclic amines) is 1. The zero-order chi connectivity index (χ0) is 18.6. The normalized spacial score (nSPS) is 22.8. The molecule has 1 saturated heterocycles. The summed E-state index contributed by atoms with van der Waals surface area (Å²) in [6, 6.07) is 5.54.